The molecule has 1 aromatic heterocycles. The fourth-order valence-electron chi connectivity index (χ4n) is 2.71. The number of aryl methyl sites for hydroxylation is 1. The maximum atomic E-state index is 12.4. The highest BCUT2D eigenvalue weighted by atomic mass is 32.2. The van der Waals surface area contributed by atoms with Crippen LogP contribution in [0.2, 0.25) is 0 Å². The van der Waals surface area contributed by atoms with Crippen LogP contribution < -0.4 is 5.32 Å². The molecule has 0 spiro atoms. The van der Waals surface area contributed by atoms with Crippen LogP contribution in [0.5, 0.6) is 0 Å². The summed E-state index contributed by atoms with van der Waals surface area (Å²) in [4.78, 5) is 17.8. The van der Waals surface area contributed by atoms with E-state index in [2.05, 4.69) is 16.4 Å². The van der Waals surface area contributed by atoms with Crippen molar-refractivity contribution in [3.05, 3.63) is 53.9 Å². The number of anilines is 1. The number of carbonyl (C=O) groups excluding carboxylic acids is 1. The molecule has 2 aromatic rings. The van der Waals surface area contributed by atoms with Gasteiger partial charge in [0.25, 0.3) is 5.91 Å². The van der Waals surface area contributed by atoms with Crippen LogP contribution in [-0.4, -0.2) is 16.1 Å². The fourth-order valence-corrected chi connectivity index (χ4v) is 4.05. The van der Waals surface area contributed by atoms with Crippen molar-refractivity contribution in [2.24, 2.45) is 0 Å². The number of nitrogens with one attached hydrogen (secondary N) is 1. The van der Waals surface area contributed by atoms with Gasteiger partial charge in [-0.3, -0.25) is 4.79 Å². The molecule has 1 N–H and O–H groups in total. The zero-order chi connectivity index (χ0) is 15.4. The summed E-state index contributed by atoms with van der Waals surface area (Å²) in [6.07, 6.45) is 5.18. The van der Waals surface area contributed by atoms with Gasteiger partial charge in [-0.1, -0.05) is 31.0 Å². The standard InChI is InChI=1S/C18H20N2OS/c1-13-7-6-11-16(19-13)18(21)20-15-10-4-5-12-17(15)22-14-8-2-3-9-14/h4-7,10-12,14H,2-3,8-9H2,1H3,(H,20,21). The molecule has 1 fully saturated rings. The minimum absolute atomic E-state index is 0.150. The summed E-state index contributed by atoms with van der Waals surface area (Å²) < 4.78 is 0. The molecule has 1 aromatic carbocycles. The molecular weight excluding hydrogens is 292 g/mol. The van der Waals surface area contributed by atoms with Crippen molar-refractivity contribution >= 4 is 23.4 Å². The summed E-state index contributed by atoms with van der Waals surface area (Å²) in [6.45, 7) is 1.89. The Morgan fingerprint density at radius 2 is 1.91 bits per heavy atom. The van der Waals surface area contributed by atoms with Crippen LogP contribution in [0.15, 0.2) is 47.4 Å². The number of rotatable bonds is 4. The number of hydrogen-bond donors (Lipinski definition) is 1. The molecule has 1 aliphatic carbocycles. The lowest BCUT2D eigenvalue weighted by molar-refractivity contribution is 0.102. The minimum Gasteiger partial charge on any atom is -0.320 e. The maximum absolute atomic E-state index is 12.4. The summed E-state index contributed by atoms with van der Waals surface area (Å²) in [5, 5.41) is 3.68. The monoisotopic (exact) mass is 312 g/mol. The molecule has 1 heterocycles. The molecular formula is C18H20N2OS. The average molecular weight is 312 g/mol. The summed E-state index contributed by atoms with van der Waals surface area (Å²) in [5.41, 5.74) is 2.19. The lowest BCUT2D eigenvalue weighted by Gasteiger charge is -2.14. The number of amides is 1. The van der Waals surface area contributed by atoms with Gasteiger partial charge in [0.15, 0.2) is 0 Å². The highest BCUT2D eigenvalue weighted by Gasteiger charge is 2.18. The van der Waals surface area contributed by atoms with Gasteiger partial charge < -0.3 is 5.32 Å². The molecule has 3 nitrogen and oxygen atoms in total. The van der Waals surface area contributed by atoms with Crippen LogP contribution >= 0.6 is 11.8 Å². The van der Waals surface area contributed by atoms with Gasteiger partial charge in [0.1, 0.15) is 5.69 Å². The molecule has 1 saturated carbocycles. The van der Waals surface area contributed by atoms with Crippen LogP contribution in [0.25, 0.3) is 0 Å². The van der Waals surface area contributed by atoms with Crippen molar-refractivity contribution < 1.29 is 4.79 Å². The highest BCUT2D eigenvalue weighted by Crippen LogP contribution is 2.38. The van der Waals surface area contributed by atoms with E-state index in [1.165, 1.54) is 25.7 Å². The molecule has 1 aliphatic rings. The molecule has 0 saturated heterocycles. The van der Waals surface area contributed by atoms with E-state index < -0.39 is 0 Å². The van der Waals surface area contributed by atoms with E-state index >= 15 is 0 Å². The molecule has 22 heavy (non-hydrogen) atoms. The van der Waals surface area contributed by atoms with Crippen molar-refractivity contribution in [3.8, 4) is 0 Å². The van der Waals surface area contributed by atoms with Gasteiger partial charge in [-0.05, 0) is 44.0 Å². The lowest BCUT2D eigenvalue weighted by atomic mass is 10.2. The lowest BCUT2D eigenvalue weighted by Crippen LogP contribution is -2.14. The molecule has 0 aliphatic heterocycles. The Bertz CT molecular complexity index is 666. The maximum Gasteiger partial charge on any atom is 0.274 e. The second-order valence-corrected chi connectivity index (χ2v) is 6.98. The largest absolute Gasteiger partial charge is 0.320 e. The van der Waals surface area contributed by atoms with E-state index in [1.54, 1.807) is 6.07 Å². The van der Waals surface area contributed by atoms with Crippen LogP contribution in [0, 0.1) is 6.92 Å². The first-order valence-corrected chi connectivity index (χ1v) is 8.61. The second-order valence-electron chi connectivity index (χ2n) is 5.64. The third kappa shape index (κ3) is 3.69. The van der Waals surface area contributed by atoms with Crippen molar-refractivity contribution in [1.29, 1.82) is 0 Å². The van der Waals surface area contributed by atoms with Crippen LogP contribution in [-0.2, 0) is 0 Å². The van der Waals surface area contributed by atoms with Gasteiger partial charge in [0, 0.05) is 15.8 Å². The highest BCUT2D eigenvalue weighted by molar-refractivity contribution is 8.00. The summed E-state index contributed by atoms with van der Waals surface area (Å²) in [5.74, 6) is -0.150. The molecule has 114 valence electrons. The molecule has 3 rings (SSSR count). The molecule has 0 atom stereocenters. The first-order chi connectivity index (χ1) is 10.7. The van der Waals surface area contributed by atoms with Crippen molar-refractivity contribution in [2.45, 2.75) is 42.8 Å². The first kappa shape index (κ1) is 15.1. The number of hydrogen-bond acceptors (Lipinski definition) is 3. The van der Waals surface area contributed by atoms with E-state index in [4.69, 9.17) is 0 Å². The van der Waals surface area contributed by atoms with Crippen LogP contribution in [0.1, 0.15) is 41.9 Å². The second kappa shape index (κ2) is 6.97. The number of carbonyl (C=O) groups is 1. The summed E-state index contributed by atoms with van der Waals surface area (Å²) in [7, 11) is 0. The fraction of sp³-hybridized carbons (Fsp3) is 0.333. The molecule has 0 unspecified atom stereocenters. The van der Waals surface area contributed by atoms with Crippen molar-refractivity contribution in [3.63, 3.8) is 0 Å². The van der Waals surface area contributed by atoms with Gasteiger partial charge in [0.05, 0.1) is 5.69 Å². The van der Waals surface area contributed by atoms with Gasteiger partial charge >= 0.3 is 0 Å². The summed E-state index contributed by atoms with van der Waals surface area (Å²) in [6, 6.07) is 13.5. The number of pyridine rings is 1. The number of benzene rings is 1. The molecule has 0 bridgehead atoms. The Morgan fingerprint density at radius 3 is 2.68 bits per heavy atom. The van der Waals surface area contributed by atoms with E-state index in [-0.39, 0.29) is 5.91 Å². The zero-order valence-corrected chi connectivity index (χ0v) is 13.5. The van der Waals surface area contributed by atoms with E-state index in [0.29, 0.717) is 10.9 Å². The zero-order valence-electron chi connectivity index (χ0n) is 12.7. The molecule has 4 heteroatoms. The Kier molecular flexibility index (Phi) is 4.78. The van der Waals surface area contributed by atoms with Gasteiger partial charge in [-0.25, -0.2) is 4.98 Å². The van der Waals surface area contributed by atoms with Gasteiger partial charge in [-0.15, -0.1) is 11.8 Å². The SMILES string of the molecule is Cc1cccc(C(=O)Nc2ccccc2SC2CCCC2)n1. The minimum atomic E-state index is -0.150. The smallest absolute Gasteiger partial charge is 0.274 e. The average Bonchev–Trinajstić information content (AvgIpc) is 3.02. The number of thioether (sulfide) groups is 1. The van der Waals surface area contributed by atoms with Crippen molar-refractivity contribution in [2.75, 3.05) is 5.32 Å². The first-order valence-electron chi connectivity index (χ1n) is 7.73. The van der Waals surface area contributed by atoms with E-state index in [0.717, 1.165) is 16.3 Å². The quantitative estimate of drug-likeness (QED) is 0.891. The van der Waals surface area contributed by atoms with Gasteiger partial charge in [-0.2, -0.15) is 0 Å². The number of aromatic nitrogens is 1. The Hall–Kier alpha value is -1.81. The summed E-state index contributed by atoms with van der Waals surface area (Å²) >= 11 is 1.88. The van der Waals surface area contributed by atoms with E-state index in [9.17, 15) is 4.79 Å². The predicted octanol–water partition coefficient (Wildman–Crippen LogP) is 4.68. The van der Waals surface area contributed by atoms with Gasteiger partial charge in [0.2, 0.25) is 0 Å². The third-order valence-electron chi connectivity index (χ3n) is 3.85. The normalized spacial score (nSPS) is 15.0. The van der Waals surface area contributed by atoms with Crippen LogP contribution in [0.4, 0.5) is 5.69 Å². The third-order valence-corrected chi connectivity index (χ3v) is 5.27. The number of para-hydroxylation sites is 1. The number of nitrogens with zero attached hydrogens (tertiary/aromatic N) is 1. The predicted molar refractivity (Wildman–Crippen MR) is 91.5 cm³/mol. The molecule has 0 radical (unpaired) electrons. The van der Waals surface area contributed by atoms with Crippen molar-refractivity contribution in [1.82, 2.24) is 4.98 Å². The Labute approximate surface area is 135 Å². The topological polar surface area (TPSA) is 42.0 Å². The van der Waals surface area contributed by atoms with E-state index in [1.807, 2.05) is 49.0 Å². The Balaban J connectivity index is 1.75. The van der Waals surface area contributed by atoms with Crippen LogP contribution in [0.3, 0.4) is 0 Å². The Morgan fingerprint density at radius 1 is 1.14 bits per heavy atom. The molecule has 1 amide bonds.